The molecule has 0 heteroatoms. The molecule has 5 atom stereocenters. The third-order valence-corrected chi connectivity index (χ3v) is 9.75. The van der Waals surface area contributed by atoms with Gasteiger partial charge in [0.15, 0.2) is 0 Å². The fourth-order valence-electron chi connectivity index (χ4n) is 7.72. The number of unbranched alkanes of at least 4 members (excludes halogenated alkanes) is 6. The van der Waals surface area contributed by atoms with E-state index in [0.717, 1.165) is 29.6 Å². The summed E-state index contributed by atoms with van der Waals surface area (Å²) in [7, 11) is 0. The molecule has 2 fully saturated rings. The summed E-state index contributed by atoms with van der Waals surface area (Å²) in [5, 5.41) is 0. The van der Waals surface area contributed by atoms with Gasteiger partial charge in [-0.3, -0.25) is 0 Å². The lowest BCUT2D eigenvalue weighted by Gasteiger charge is -2.45. The second-order valence-corrected chi connectivity index (χ2v) is 12.0. The fourth-order valence-corrected chi connectivity index (χ4v) is 7.72. The first-order valence-corrected chi connectivity index (χ1v) is 14.9. The largest absolute Gasteiger partial charge is 0.0654 e. The summed E-state index contributed by atoms with van der Waals surface area (Å²) in [6.45, 7) is 4.64. The Morgan fingerprint density at radius 3 is 2.22 bits per heavy atom. The van der Waals surface area contributed by atoms with Gasteiger partial charge in [0.2, 0.25) is 0 Å². The minimum atomic E-state index is 0.977. The molecule has 0 bridgehead atoms. The Morgan fingerprint density at radius 2 is 1.38 bits per heavy atom. The molecule has 1 aromatic rings. The number of aryl methyl sites for hydroxylation is 2. The molecule has 0 spiro atoms. The molecule has 3 unspecified atom stereocenters. The summed E-state index contributed by atoms with van der Waals surface area (Å²) < 4.78 is 0. The van der Waals surface area contributed by atoms with E-state index in [1.807, 2.05) is 0 Å². The van der Waals surface area contributed by atoms with Crippen molar-refractivity contribution < 1.29 is 0 Å². The molecule has 0 aliphatic heterocycles. The molecule has 0 radical (unpaired) electrons. The molecule has 0 nitrogen and oxygen atoms in total. The van der Waals surface area contributed by atoms with Gasteiger partial charge in [0.25, 0.3) is 0 Å². The van der Waals surface area contributed by atoms with Gasteiger partial charge in [-0.15, -0.1) is 0 Å². The molecule has 3 aliphatic rings. The number of fused-ring (bicyclic) bond motifs is 2. The van der Waals surface area contributed by atoms with E-state index in [0.29, 0.717) is 0 Å². The zero-order chi connectivity index (χ0) is 22.2. The predicted octanol–water partition coefficient (Wildman–Crippen LogP) is 9.72. The highest BCUT2D eigenvalue weighted by Crippen LogP contribution is 2.49. The molecular weight excluding hydrogens is 384 g/mol. The fraction of sp³-hybridized carbons (Fsp3) is 0.812. The molecule has 2 saturated carbocycles. The Bertz CT molecular complexity index is 673. The third kappa shape index (κ3) is 6.64. The standard InChI is InChI=1S/C32H52/c1-3-5-7-8-10-12-26-14-16-30-24-32(20-18-28(30)22-26)31-19-17-27-21-25(11-9-6-4-2)13-15-29(27)23-31/h13,15,21,26,28,30-32H,3-12,14,16-20,22-24H2,1-2H3/t26-,28?,30-,31?,32?/m1/s1. The lowest BCUT2D eigenvalue weighted by molar-refractivity contribution is 0.0690. The van der Waals surface area contributed by atoms with E-state index >= 15 is 0 Å². The lowest BCUT2D eigenvalue weighted by atomic mass is 9.61. The van der Waals surface area contributed by atoms with Crippen molar-refractivity contribution in [3.63, 3.8) is 0 Å². The van der Waals surface area contributed by atoms with Gasteiger partial charge in [0, 0.05) is 0 Å². The van der Waals surface area contributed by atoms with Crippen LogP contribution >= 0.6 is 0 Å². The van der Waals surface area contributed by atoms with Gasteiger partial charge in [0.1, 0.15) is 0 Å². The van der Waals surface area contributed by atoms with Gasteiger partial charge in [-0.1, -0.05) is 89.8 Å². The van der Waals surface area contributed by atoms with Gasteiger partial charge in [-0.05, 0) is 110 Å². The van der Waals surface area contributed by atoms with E-state index in [9.17, 15) is 0 Å². The second-order valence-electron chi connectivity index (χ2n) is 12.0. The normalized spacial score (nSPS) is 30.0. The summed E-state index contributed by atoms with van der Waals surface area (Å²) >= 11 is 0. The molecule has 0 saturated heterocycles. The Morgan fingerprint density at radius 1 is 0.656 bits per heavy atom. The van der Waals surface area contributed by atoms with Crippen LogP contribution in [0.5, 0.6) is 0 Å². The maximum absolute atomic E-state index is 2.57. The van der Waals surface area contributed by atoms with Crippen LogP contribution in [-0.2, 0) is 19.3 Å². The van der Waals surface area contributed by atoms with E-state index < -0.39 is 0 Å². The zero-order valence-electron chi connectivity index (χ0n) is 21.6. The number of benzene rings is 1. The highest BCUT2D eigenvalue weighted by molar-refractivity contribution is 5.34. The maximum Gasteiger partial charge on any atom is -0.0245 e. The number of hydrogen-bond donors (Lipinski definition) is 0. The van der Waals surface area contributed by atoms with Crippen LogP contribution in [0.15, 0.2) is 18.2 Å². The lowest BCUT2D eigenvalue weighted by Crippen LogP contribution is -2.35. The molecule has 0 amide bonds. The van der Waals surface area contributed by atoms with E-state index in [4.69, 9.17) is 0 Å². The van der Waals surface area contributed by atoms with E-state index in [1.54, 1.807) is 55.2 Å². The van der Waals surface area contributed by atoms with Gasteiger partial charge < -0.3 is 0 Å². The summed E-state index contributed by atoms with van der Waals surface area (Å²) in [6, 6.07) is 7.54. The molecule has 0 heterocycles. The Kier molecular flexibility index (Phi) is 9.60. The van der Waals surface area contributed by atoms with Gasteiger partial charge in [0.05, 0.1) is 0 Å². The first kappa shape index (κ1) is 24.3. The van der Waals surface area contributed by atoms with Gasteiger partial charge in [-0.25, -0.2) is 0 Å². The van der Waals surface area contributed by atoms with Crippen molar-refractivity contribution in [1.29, 1.82) is 0 Å². The van der Waals surface area contributed by atoms with Crippen molar-refractivity contribution in [2.24, 2.45) is 29.6 Å². The van der Waals surface area contributed by atoms with Crippen molar-refractivity contribution >= 4 is 0 Å². The third-order valence-electron chi connectivity index (χ3n) is 9.75. The molecule has 0 N–H and O–H groups in total. The molecular formula is C32H52. The summed E-state index contributed by atoms with van der Waals surface area (Å²) in [5.74, 6) is 5.24. The van der Waals surface area contributed by atoms with Crippen molar-refractivity contribution in [2.75, 3.05) is 0 Å². The highest BCUT2D eigenvalue weighted by atomic mass is 14.4. The average Bonchev–Trinajstić information content (AvgIpc) is 2.83. The monoisotopic (exact) mass is 436 g/mol. The van der Waals surface area contributed by atoms with Crippen LogP contribution in [0.2, 0.25) is 0 Å². The Balaban J connectivity index is 1.22. The SMILES string of the molecule is CCCCCCC[C@@H]1CC[C@@H]2CC(C3CCc4cc(CCCCC)ccc4C3)CCC2C1. The molecule has 32 heavy (non-hydrogen) atoms. The zero-order valence-corrected chi connectivity index (χ0v) is 21.6. The molecule has 1 aromatic carbocycles. The average molecular weight is 437 g/mol. The van der Waals surface area contributed by atoms with Gasteiger partial charge >= 0.3 is 0 Å². The van der Waals surface area contributed by atoms with Crippen LogP contribution in [0.3, 0.4) is 0 Å². The summed E-state index contributed by atoms with van der Waals surface area (Å²) in [4.78, 5) is 0. The highest BCUT2D eigenvalue weighted by Gasteiger charge is 2.38. The van der Waals surface area contributed by atoms with E-state index in [2.05, 4.69) is 32.0 Å². The molecule has 4 rings (SSSR count). The van der Waals surface area contributed by atoms with Crippen LogP contribution in [0.25, 0.3) is 0 Å². The van der Waals surface area contributed by atoms with Crippen LogP contribution in [0.4, 0.5) is 0 Å². The Labute approximate surface area is 200 Å². The first-order valence-electron chi connectivity index (χ1n) is 14.9. The molecule has 3 aliphatic carbocycles. The smallest absolute Gasteiger partial charge is 0.0245 e. The van der Waals surface area contributed by atoms with Crippen molar-refractivity contribution in [1.82, 2.24) is 0 Å². The maximum atomic E-state index is 2.57. The first-order chi connectivity index (χ1) is 15.8. The summed E-state index contributed by atoms with van der Waals surface area (Å²) in [5.41, 5.74) is 5.00. The van der Waals surface area contributed by atoms with Crippen molar-refractivity contribution in [3.8, 4) is 0 Å². The van der Waals surface area contributed by atoms with Gasteiger partial charge in [-0.2, -0.15) is 0 Å². The second kappa shape index (κ2) is 12.6. The summed E-state index contributed by atoms with van der Waals surface area (Å²) in [6.07, 6.45) is 27.8. The number of rotatable bonds is 11. The Hall–Kier alpha value is -0.780. The van der Waals surface area contributed by atoms with Crippen molar-refractivity contribution in [3.05, 3.63) is 34.9 Å². The number of hydrogen-bond acceptors (Lipinski definition) is 0. The van der Waals surface area contributed by atoms with Crippen LogP contribution < -0.4 is 0 Å². The quantitative estimate of drug-likeness (QED) is 0.303. The van der Waals surface area contributed by atoms with Crippen LogP contribution in [0, 0.1) is 29.6 Å². The molecule has 0 aromatic heterocycles. The van der Waals surface area contributed by atoms with Crippen LogP contribution in [0.1, 0.15) is 133 Å². The topological polar surface area (TPSA) is 0 Å². The minimum absolute atomic E-state index is 0.977. The van der Waals surface area contributed by atoms with Crippen LogP contribution in [-0.4, -0.2) is 0 Å². The predicted molar refractivity (Wildman–Crippen MR) is 140 cm³/mol. The van der Waals surface area contributed by atoms with E-state index in [-0.39, 0.29) is 0 Å². The van der Waals surface area contributed by atoms with E-state index in [1.165, 1.54) is 83.5 Å². The minimum Gasteiger partial charge on any atom is -0.0654 e. The van der Waals surface area contributed by atoms with Crippen molar-refractivity contribution in [2.45, 2.75) is 136 Å². The molecule has 180 valence electrons.